The lowest BCUT2D eigenvalue weighted by Gasteiger charge is -2.32. The van der Waals surface area contributed by atoms with E-state index in [1.54, 1.807) is 12.0 Å². The van der Waals surface area contributed by atoms with Crippen LogP contribution in [0.3, 0.4) is 0 Å². The minimum absolute atomic E-state index is 0.0214. The van der Waals surface area contributed by atoms with E-state index in [1.165, 1.54) is 12.1 Å². The van der Waals surface area contributed by atoms with Crippen molar-refractivity contribution < 1.29 is 13.9 Å². The first-order valence-corrected chi connectivity index (χ1v) is 6.88. The largest absolute Gasteiger partial charge is 0.396 e. The smallest absolute Gasteiger partial charge is 0.255 e. The highest BCUT2D eigenvalue weighted by Crippen LogP contribution is 2.25. The molecule has 0 aromatic heterocycles. The first-order chi connectivity index (χ1) is 9.02. The number of benzene rings is 1. The number of anilines is 1. The molecule has 1 aromatic rings. The van der Waals surface area contributed by atoms with E-state index < -0.39 is 5.82 Å². The van der Waals surface area contributed by atoms with Gasteiger partial charge in [-0.25, -0.2) is 4.39 Å². The molecule has 0 spiro atoms. The van der Waals surface area contributed by atoms with Gasteiger partial charge in [0.2, 0.25) is 0 Å². The molecular weight excluding hydrogens is 315 g/mol. The molecule has 1 fully saturated rings. The summed E-state index contributed by atoms with van der Waals surface area (Å²) in [5.41, 5.74) is 5.88. The lowest BCUT2D eigenvalue weighted by Crippen LogP contribution is -2.43. The third kappa shape index (κ3) is 3.06. The Morgan fingerprint density at radius 1 is 1.58 bits per heavy atom. The second-order valence-corrected chi connectivity index (χ2v) is 5.46. The van der Waals surface area contributed by atoms with Gasteiger partial charge < -0.3 is 15.4 Å². The standard InChI is InChI=1S/C13H16BrFN2O2/c1-19-8-3-2-4-17(7-8)13(18)9-5-12(16)11(15)6-10(9)14/h5-6,8H,2-4,7,16H2,1H3. The summed E-state index contributed by atoms with van der Waals surface area (Å²) in [7, 11) is 1.64. The van der Waals surface area contributed by atoms with Crippen LogP contribution in [0, 0.1) is 5.82 Å². The molecule has 1 aliphatic heterocycles. The van der Waals surface area contributed by atoms with Crippen molar-refractivity contribution in [1.82, 2.24) is 4.90 Å². The van der Waals surface area contributed by atoms with E-state index >= 15 is 0 Å². The highest BCUT2D eigenvalue weighted by Gasteiger charge is 2.26. The fraction of sp³-hybridized carbons (Fsp3) is 0.462. The molecule has 1 atom stereocenters. The minimum atomic E-state index is -0.531. The quantitative estimate of drug-likeness (QED) is 0.847. The van der Waals surface area contributed by atoms with E-state index in [1.807, 2.05) is 0 Å². The number of amides is 1. The number of nitrogen functional groups attached to an aromatic ring is 1. The fourth-order valence-electron chi connectivity index (χ4n) is 2.22. The molecule has 1 saturated heterocycles. The number of likely N-dealkylation sites (tertiary alicyclic amines) is 1. The van der Waals surface area contributed by atoms with E-state index in [0.717, 1.165) is 12.8 Å². The van der Waals surface area contributed by atoms with Gasteiger partial charge in [-0.2, -0.15) is 0 Å². The number of nitrogens with zero attached hydrogens (tertiary/aromatic N) is 1. The molecule has 1 heterocycles. The molecule has 1 unspecified atom stereocenters. The van der Waals surface area contributed by atoms with E-state index in [2.05, 4.69) is 15.9 Å². The molecule has 6 heteroatoms. The van der Waals surface area contributed by atoms with Crippen molar-refractivity contribution in [3.8, 4) is 0 Å². The normalized spacial score (nSPS) is 19.5. The zero-order chi connectivity index (χ0) is 14.0. The van der Waals surface area contributed by atoms with Crippen molar-refractivity contribution >= 4 is 27.5 Å². The van der Waals surface area contributed by atoms with E-state index in [0.29, 0.717) is 23.1 Å². The van der Waals surface area contributed by atoms with Gasteiger partial charge in [0.1, 0.15) is 5.82 Å². The van der Waals surface area contributed by atoms with Gasteiger partial charge in [-0.1, -0.05) is 0 Å². The molecule has 1 aromatic carbocycles. The number of ether oxygens (including phenoxy) is 1. The van der Waals surface area contributed by atoms with Gasteiger partial charge in [0.05, 0.1) is 17.4 Å². The van der Waals surface area contributed by atoms with E-state index in [9.17, 15) is 9.18 Å². The third-order valence-corrected chi connectivity index (χ3v) is 3.97. The van der Waals surface area contributed by atoms with Crippen molar-refractivity contribution in [3.05, 3.63) is 28.0 Å². The Morgan fingerprint density at radius 3 is 3.00 bits per heavy atom. The topological polar surface area (TPSA) is 55.6 Å². The van der Waals surface area contributed by atoms with E-state index in [4.69, 9.17) is 10.5 Å². The number of nitrogens with two attached hydrogens (primary N) is 1. The first-order valence-electron chi connectivity index (χ1n) is 6.09. The maximum absolute atomic E-state index is 13.3. The molecule has 1 aliphatic rings. The lowest BCUT2D eigenvalue weighted by atomic mass is 10.1. The van der Waals surface area contributed by atoms with Gasteiger partial charge in [-0.15, -0.1) is 0 Å². The summed E-state index contributed by atoms with van der Waals surface area (Å²) in [6.45, 7) is 1.24. The molecule has 19 heavy (non-hydrogen) atoms. The van der Waals surface area contributed by atoms with Gasteiger partial charge in [0.25, 0.3) is 5.91 Å². The molecular formula is C13H16BrFN2O2. The molecule has 2 N–H and O–H groups in total. The summed E-state index contributed by atoms with van der Waals surface area (Å²) in [4.78, 5) is 14.1. The van der Waals surface area contributed by atoms with Crippen molar-refractivity contribution in [1.29, 1.82) is 0 Å². The lowest BCUT2D eigenvalue weighted by molar-refractivity contribution is 0.0268. The van der Waals surface area contributed by atoms with Crippen LogP contribution in [0.15, 0.2) is 16.6 Å². The molecule has 0 bridgehead atoms. The zero-order valence-corrected chi connectivity index (χ0v) is 12.2. The summed E-state index contributed by atoms with van der Waals surface area (Å²) < 4.78 is 19.0. The predicted octanol–water partition coefficient (Wildman–Crippen LogP) is 2.42. The Balaban J connectivity index is 2.22. The number of hydrogen-bond donors (Lipinski definition) is 1. The van der Waals surface area contributed by atoms with Gasteiger partial charge >= 0.3 is 0 Å². The van der Waals surface area contributed by atoms with Gasteiger partial charge in [-0.05, 0) is 40.9 Å². The van der Waals surface area contributed by atoms with Crippen molar-refractivity contribution in [3.63, 3.8) is 0 Å². The number of rotatable bonds is 2. The summed E-state index contributed by atoms with van der Waals surface area (Å²) >= 11 is 3.21. The summed E-state index contributed by atoms with van der Waals surface area (Å²) in [6.07, 6.45) is 1.92. The van der Waals surface area contributed by atoms with Crippen LogP contribution in [0.5, 0.6) is 0 Å². The Labute approximate surface area is 119 Å². The predicted molar refractivity (Wildman–Crippen MR) is 74.4 cm³/mol. The molecule has 104 valence electrons. The molecule has 0 radical (unpaired) electrons. The molecule has 0 aliphatic carbocycles. The Hall–Kier alpha value is -1.14. The third-order valence-electron chi connectivity index (χ3n) is 3.32. The van der Waals surface area contributed by atoms with Crippen molar-refractivity contribution in [2.45, 2.75) is 18.9 Å². The van der Waals surface area contributed by atoms with Crippen molar-refractivity contribution in [2.75, 3.05) is 25.9 Å². The molecule has 4 nitrogen and oxygen atoms in total. The summed E-state index contributed by atoms with van der Waals surface area (Å²) in [6, 6.07) is 2.60. The number of methoxy groups -OCH3 is 1. The zero-order valence-electron chi connectivity index (χ0n) is 10.7. The van der Waals surface area contributed by atoms with Gasteiger partial charge in [0.15, 0.2) is 0 Å². The Kier molecular flexibility index (Phi) is 4.42. The second kappa shape index (κ2) is 5.88. The Morgan fingerprint density at radius 2 is 2.32 bits per heavy atom. The second-order valence-electron chi connectivity index (χ2n) is 4.60. The average molecular weight is 331 g/mol. The fourth-order valence-corrected chi connectivity index (χ4v) is 2.70. The monoisotopic (exact) mass is 330 g/mol. The highest BCUT2D eigenvalue weighted by atomic mass is 79.9. The number of halogens is 2. The van der Waals surface area contributed by atoms with Crippen molar-refractivity contribution in [2.24, 2.45) is 0 Å². The SMILES string of the molecule is COC1CCCN(C(=O)c2cc(N)c(F)cc2Br)C1. The maximum Gasteiger partial charge on any atom is 0.255 e. The Bertz CT molecular complexity index is 496. The van der Waals surface area contributed by atoms with Gasteiger partial charge in [-0.3, -0.25) is 4.79 Å². The number of carbonyl (C=O) groups excluding carboxylic acids is 1. The maximum atomic E-state index is 13.3. The molecule has 1 amide bonds. The van der Waals surface area contributed by atoms with Crippen LogP contribution in [0.25, 0.3) is 0 Å². The summed E-state index contributed by atoms with van der Waals surface area (Å²) in [5.74, 6) is -0.683. The molecule has 2 rings (SSSR count). The first kappa shape index (κ1) is 14.3. The minimum Gasteiger partial charge on any atom is -0.396 e. The van der Waals surface area contributed by atoms with Crippen LogP contribution in [0.2, 0.25) is 0 Å². The molecule has 0 saturated carbocycles. The number of hydrogen-bond acceptors (Lipinski definition) is 3. The van der Waals surface area contributed by atoms with Crippen LogP contribution < -0.4 is 5.73 Å². The number of piperidine rings is 1. The van der Waals surface area contributed by atoms with Crippen LogP contribution in [0.4, 0.5) is 10.1 Å². The van der Waals surface area contributed by atoms with E-state index in [-0.39, 0.29) is 17.7 Å². The average Bonchev–Trinajstić information content (AvgIpc) is 2.42. The van der Waals surface area contributed by atoms with Crippen LogP contribution in [-0.2, 0) is 4.74 Å². The highest BCUT2D eigenvalue weighted by molar-refractivity contribution is 9.10. The van der Waals surface area contributed by atoms with Crippen LogP contribution in [0.1, 0.15) is 23.2 Å². The van der Waals surface area contributed by atoms with Gasteiger partial charge in [0, 0.05) is 24.7 Å². The van der Waals surface area contributed by atoms with Crippen LogP contribution in [-0.4, -0.2) is 37.1 Å². The van der Waals surface area contributed by atoms with Crippen LogP contribution >= 0.6 is 15.9 Å². The summed E-state index contributed by atoms with van der Waals surface area (Å²) in [5, 5.41) is 0. The number of carbonyl (C=O) groups is 1.